The molecule has 2 rings (SSSR count). The van der Waals surface area contributed by atoms with Gasteiger partial charge in [0, 0.05) is 11.0 Å². The molecule has 0 aromatic heterocycles. The van der Waals surface area contributed by atoms with Crippen LogP contribution in [0.15, 0.2) is 46.9 Å². The fourth-order valence-corrected chi connectivity index (χ4v) is 2.46. The summed E-state index contributed by atoms with van der Waals surface area (Å²) in [5.41, 5.74) is 2.08. The summed E-state index contributed by atoms with van der Waals surface area (Å²) in [7, 11) is 1.64. The van der Waals surface area contributed by atoms with E-state index in [9.17, 15) is 4.79 Å². The highest BCUT2D eigenvalue weighted by molar-refractivity contribution is 9.10. The van der Waals surface area contributed by atoms with E-state index in [1.807, 2.05) is 49.4 Å². The van der Waals surface area contributed by atoms with Gasteiger partial charge in [0.15, 0.2) is 0 Å². The van der Waals surface area contributed by atoms with E-state index < -0.39 is 0 Å². The molecule has 1 amide bonds. The van der Waals surface area contributed by atoms with Crippen molar-refractivity contribution in [2.24, 2.45) is 0 Å². The Hall–Kier alpha value is -2.01. The molecule has 0 atom stereocenters. The van der Waals surface area contributed by atoms with Crippen molar-refractivity contribution >= 4 is 21.8 Å². The highest BCUT2D eigenvalue weighted by Crippen LogP contribution is 2.19. The molecule has 0 fully saturated rings. The minimum absolute atomic E-state index is 0.0421. The Labute approximate surface area is 144 Å². The predicted molar refractivity (Wildman–Crippen MR) is 93.8 cm³/mol. The number of aryl methyl sites for hydroxylation is 1. The summed E-state index contributed by atoms with van der Waals surface area (Å²) < 4.78 is 11.8. The van der Waals surface area contributed by atoms with Crippen LogP contribution in [0.2, 0.25) is 0 Å². The molecular weight excluding hydrogens is 358 g/mol. The summed E-state index contributed by atoms with van der Waals surface area (Å²) in [4.78, 5) is 11.9. The van der Waals surface area contributed by atoms with Crippen molar-refractivity contribution in [2.45, 2.75) is 19.9 Å². The number of halogens is 1. The van der Waals surface area contributed by atoms with Gasteiger partial charge in [-0.15, -0.1) is 0 Å². The molecular formula is C18H20BrNO3. The van der Waals surface area contributed by atoms with Gasteiger partial charge in [-0.1, -0.05) is 34.1 Å². The SMILES string of the molecule is COc1cc(CNC(=O)CCOc2cccc(Br)c2)ccc1C. The number of methoxy groups -OCH3 is 1. The maximum Gasteiger partial charge on any atom is 0.223 e. The molecule has 0 saturated heterocycles. The van der Waals surface area contributed by atoms with Gasteiger partial charge >= 0.3 is 0 Å². The first-order chi connectivity index (χ1) is 11.1. The van der Waals surface area contributed by atoms with Crippen molar-refractivity contribution in [3.05, 3.63) is 58.1 Å². The number of carbonyl (C=O) groups is 1. The Kier molecular flexibility index (Phi) is 6.47. The molecule has 2 aromatic rings. The highest BCUT2D eigenvalue weighted by Gasteiger charge is 2.04. The van der Waals surface area contributed by atoms with Gasteiger partial charge in [0.25, 0.3) is 0 Å². The van der Waals surface area contributed by atoms with E-state index in [0.29, 0.717) is 19.6 Å². The fraction of sp³-hybridized carbons (Fsp3) is 0.278. The van der Waals surface area contributed by atoms with E-state index >= 15 is 0 Å². The van der Waals surface area contributed by atoms with Gasteiger partial charge in [-0.25, -0.2) is 0 Å². The Morgan fingerprint density at radius 3 is 2.78 bits per heavy atom. The minimum atomic E-state index is -0.0421. The highest BCUT2D eigenvalue weighted by atomic mass is 79.9. The smallest absolute Gasteiger partial charge is 0.223 e. The van der Waals surface area contributed by atoms with Crippen molar-refractivity contribution in [1.29, 1.82) is 0 Å². The summed E-state index contributed by atoms with van der Waals surface area (Å²) in [5.74, 6) is 1.53. The summed E-state index contributed by atoms with van der Waals surface area (Å²) in [5, 5.41) is 2.88. The maximum absolute atomic E-state index is 11.9. The van der Waals surface area contributed by atoms with Gasteiger partial charge in [-0.3, -0.25) is 4.79 Å². The third-order valence-electron chi connectivity index (χ3n) is 3.36. The van der Waals surface area contributed by atoms with Gasteiger partial charge < -0.3 is 14.8 Å². The van der Waals surface area contributed by atoms with Crippen LogP contribution in [0.25, 0.3) is 0 Å². The van der Waals surface area contributed by atoms with Crippen molar-refractivity contribution < 1.29 is 14.3 Å². The molecule has 0 aliphatic rings. The molecule has 0 heterocycles. The number of hydrogen-bond donors (Lipinski definition) is 1. The zero-order chi connectivity index (χ0) is 16.7. The average molecular weight is 378 g/mol. The number of hydrogen-bond acceptors (Lipinski definition) is 3. The Morgan fingerprint density at radius 2 is 2.04 bits per heavy atom. The van der Waals surface area contributed by atoms with E-state index in [1.165, 1.54) is 0 Å². The van der Waals surface area contributed by atoms with Gasteiger partial charge in [0.2, 0.25) is 5.91 Å². The zero-order valence-corrected chi connectivity index (χ0v) is 14.9. The molecule has 1 N–H and O–H groups in total. The molecule has 0 aliphatic heterocycles. The van der Waals surface area contributed by atoms with E-state index in [0.717, 1.165) is 27.1 Å². The molecule has 0 unspecified atom stereocenters. The van der Waals surface area contributed by atoms with E-state index in [4.69, 9.17) is 9.47 Å². The lowest BCUT2D eigenvalue weighted by atomic mass is 10.1. The van der Waals surface area contributed by atoms with Crippen LogP contribution in [0.1, 0.15) is 17.5 Å². The zero-order valence-electron chi connectivity index (χ0n) is 13.3. The Morgan fingerprint density at radius 1 is 1.22 bits per heavy atom. The molecule has 2 aromatic carbocycles. The summed E-state index contributed by atoms with van der Waals surface area (Å²) in [6.45, 7) is 2.81. The van der Waals surface area contributed by atoms with Crippen LogP contribution in [0.5, 0.6) is 11.5 Å². The second kappa shape index (κ2) is 8.58. The van der Waals surface area contributed by atoms with Crippen molar-refractivity contribution in [1.82, 2.24) is 5.32 Å². The standard InChI is InChI=1S/C18H20BrNO3/c1-13-6-7-14(10-17(13)22-2)12-20-18(21)8-9-23-16-5-3-4-15(19)11-16/h3-7,10-11H,8-9,12H2,1-2H3,(H,20,21). The molecule has 0 saturated carbocycles. The van der Waals surface area contributed by atoms with Crippen molar-refractivity contribution in [2.75, 3.05) is 13.7 Å². The van der Waals surface area contributed by atoms with Crippen LogP contribution in [0.4, 0.5) is 0 Å². The first kappa shape index (κ1) is 17.3. The summed E-state index contributed by atoms with van der Waals surface area (Å²) >= 11 is 3.38. The van der Waals surface area contributed by atoms with Gasteiger partial charge in [-0.05, 0) is 42.3 Å². The number of amides is 1. The average Bonchev–Trinajstić information content (AvgIpc) is 2.54. The molecule has 5 heteroatoms. The van der Waals surface area contributed by atoms with Crippen LogP contribution in [-0.2, 0) is 11.3 Å². The first-order valence-corrected chi connectivity index (χ1v) is 8.16. The predicted octanol–water partition coefficient (Wildman–Crippen LogP) is 3.85. The molecule has 122 valence electrons. The van der Waals surface area contributed by atoms with Crippen LogP contribution < -0.4 is 14.8 Å². The Balaban J connectivity index is 1.75. The number of ether oxygens (including phenoxy) is 2. The summed E-state index contributed by atoms with van der Waals surface area (Å²) in [6, 6.07) is 13.5. The summed E-state index contributed by atoms with van der Waals surface area (Å²) in [6.07, 6.45) is 0.315. The van der Waals surface area contributed by atoms with Crippen molar-refractivity contribution in [3.63, 3.8) is 0 Å². The molecule has 0 spiro atoms. The topological polar surface area (TPSA) is 47.6 Å². The van der Waals surface area contributed by atoms with Crippen LogP contribution >= 0.6 is 15.9 Å². The van der Waals surface area contributed by atoms with Crippen LogP contribution in [0.3, 0.4) is 0 Å². The lowest BCUT2D eigenvalue weighted by Crippen LogP contribution is -2.24. The van der Waals surface area contributed by atoms with E-state index in [1.54, 1.807) is 7.11 Å². The molecule has 4 nitrogen and oxygen atoms in total. The third-order valence-corrected chi connectivity index (χ3v) is 3.85. The third kappa shape index (κ3) is 5.60. The van der Waals surface area contributed by atoms with Gasteiger partial charge in [0.05, 0.1) is 20.1 Å². The molecule has 23 heavy (non-hydrogen) atoms. The molecule has 0 aliphatic carbocycles. The van der Waals surface area contributed by atoms with E-state index in [2.05, 4.69) is 21.2 Å². The lowest BCUT2D eigenvalue weighted by Gasteiger charge is -2.10. The number of nitrogens with one attached hydrogen (secondary N) is 1. The second-order valence-corrected chi connectivity index (χ2v) is 6.05. The molecule has 0 bridgehead atoms. The normalized spacial score (nSPS) is 10.2. The monoisotopic (exact) mass is 377 g/mol. The second-order valence-electron chi connectivity index (χ2n) is 5.14. The number of benzene rings is 2. The van der Waals surface area contributed by atoms with Gasteiger partial charge in [0.1, 0.15) is 11.5 Å². The van der Waals surface area contributed by atoms with E-state index in [-0.39, 0.29) is 5.91 Å². The fourth-order valence-electron chi connectivity index (χ4n) is 2.08. The van der Waals surface area contributed by atoms with Crippen molar-refractivity contribution in [3.8, 4) is 11.5 Å². The maximum atomic E-state index is 11.9. The minimum Gasteiger partial charge on any atom is -0.496 e. The lowest BCUT2D eigenvalue weighted by molar-refractivity contribution is -0.121. The Bertz CT molecular complexity index is 673. The largest absolute Gasteiger partial charge is 0.496 e. The quantitative estimate of drug-likeness (QED) is 0.796. The van der Waals surface area contributed by atoms with Crippen LogP contribution in [-0.4, -0.2) is 19.6 Å². The number of carbonyl (C=O) groups excluding carboxylic acids is 1. The number of rotatable bonds is 7. The molecule has 0 radical (unpaired) electrons. The van der Waals surface area contributed by atoms with Gasteiger partial charge in [-0.2, -0.15) is 0 Å². The first-order valence-electron chi connectivity index (χ1n) is 7.37. The van der Waals surface area contributed by atoms with Crippen LogP contribution in [0, 0.1) is 6.92 Å².